The highest BCUT2D eigenvalue weighted by Gasteiger charge is 2.13. The second-order valence-corrected chi connectivity index (χ2v) is 6.70. The number of pyridine rings is 1. The minimum atomic E-state index is -3.48. The summed E-state index contributed by atoms with van der Waals surface area (Å²) in [5.74, 6) is -0.756. The van der Waals surface area contributed by atoms with Crippen LogP contribution in [0.2, 0.25) is 10.3 Å². The molecule has 0 amide bonds. The van der Waals surface area contributed by atoms with Gasteiger partial charge in [-0.25, -0.2) is 17.8 Å². The Bertz CT molecular complexity index is 745. The number of hydrogen-bond acceptors (Lipinski definition) is 4. The molecule has 2 rings (SSSR count). The Morgan fingerprint density at radius 1 is 1.15 bits per heavy atom. The van der Waals surface area contributed by atoms with Crippen LogP contribution >= 0.6 is 23.2 Å². The van der Waals surface area contributed by atoms with Gasteiger partial charge in [0.05, 0.1) is 4.90 Å². The molecule has 0 saturated carbocycles. The summed E-state index contributed by atoms with van der Waals surface area (Å²) in [7, 11) is -3.48. The number of nitrogens with zero attached hydrogens (tertiary/aromatic N) is 1. The first-order valence-corrected chi connectivity index (χ1v) is 7.91. The van der Waals surface area contributed by atoms with E-state index in [0.29, 0.717) is 0 Å². The molecular formula is C12H8Cl2FNO3S. The maximum atomic E-state index is 13.8. The lowest BCUT2D eigenvalue weighted by molar-refractivity contribution is 0.440. The van der Waals surface area contributed by atoms with Crippen molar-refractivity contribution in [1.29, 1.82) is 0 Å². The Morgan fingerprint density at radius 3 is 2.25 bits per heavy atom. The normalized spacial score (nSPS) is 11.4. The van der Waals surface area contributed by atoms with Crippen molar-refractivity contribution < 1.29 is 17.5 Å². The van der Waals surface area contributed by atoms with Gasteiger partial charge in [-0.15, -0.1) is 0 Å². The van der Waals surface area contributed by atoms with E-state index in [-0.39, 0.29) is 26.7 Å². The van der Waals surface area contributed by atoms with Gasteiger partial charge in [0.2, 0.25) is 0 Å². The van der Waals surface area contributed by atoms with Crippen LogP contribution in [-0.4, -0.2) is 19.7 Å². The third-order valence-corrected chi connectivity index (χ3v) is 3.79. The molecule has 2 aromatic rings. The third kappa shape index (κ3) is 3.59. The fourth-order valence-corrected chi connectivity index (χ4v) is 2.50. The molecule has 0 saturated heterocycles. The second kappa shape index (κ2) is 5.55. The standard InChI is InChI=1S/C12H8Cl2FNO3S/c1-20(17,18)8-2-3-10(9(15)6-8)19-7-4-11(13)16-12(14)5-7/h2-6H,1H3. The van der Waals surface area contributed by atoms with Crippen molar-refractivity contribution in [3.63, 3.8) is 0 Å². The minimum Gasteiger partial charge on any atom is -0.454 e. The lowest BCUT2D eigenvalue weighted by Crippen LogP contribution is -1.98. The van der Waals surface area contributed by atoms with Crippen LogP contribution in [0.15, 0.2) is 35.2 Å². The average molecular weight is 336 g/mol. The first-order chi connectivity index (χ1) is 9.25. The first kappa shape index (κ1) is 15.0. The third-order valence-electron chi connectivity index (χ3n) is 2.30. The molecule has 0 radical (unpaired) electrons. The average Bonchev–Trinajstić information content (AvgIpc) is 2.29. The van der Waals surface area contributed by atoms with Crippen LogP contribution in [0.25, 0.3) is 0 Å². The Hall–Kier alpha value is -1.37. The van der Waals surface area contributed by atoms with Crippen molar-refractivity contribution in [2.24, 2.45) is 0 Å². The molecule has 0 aliphatic heterocycles. The van der Waals surface area contributed by atoms with Crippen molar-refractivity contribution in [2.45, 2.75) is 4.90 Å². The number of hydrogen-bond donors (Lipinski definition) is 0. The Kier molecular flexibility index (Phi) is 4.17. The van der Waals surface area contributed by atoms with E-state index in [1.165, 1.54) is 24.3 Å². The van der Waals surface area contributed by atoms with Gasteiger partial charge < -0.3 is 4.74 Å². The zero-order chi connectivity index (χ0) is 14.9. The van der Waals surface area contributed by atoms with Gasteiger partial charge >= 0.3 is 0 Å². The predicted octanol–water partition coefficient (Wildman–Crippen LogP) is 3.72. The molecule has 0 aliphatic carbocycles. The van der Waals surface area contributed by atoms with Gasteiger partial charge in [-0.1, -0.05) is 23.2 Å². The SMILES string of the molecule is CS(=O)(=O)c1ccc(Oc2cc(Cl)nc(Cl)c2)c(F)c1. The Balaban J connectivity index is 2.35. The molecule has 0 aliphatic rings. The second-order valence-electron chi connectivity index (χ2n) is 3.91. The van der Waals surface area contributed by atoms with Gasteiger partial charge in [-0.05, 0) is 18.2 Å². The van der Waals surface area contributed by atoms with Crippen molar-refractivity contribution in [2.75, 3.05) is 6.26 Å². The molecule has 0 atom stereocenters. The largest absolute Gasteiger partial charge is 0.454 e. The number of aromatic nitrogens is 1. The summed E-state index contributed by atoms with van der Waals surface area (Å²) in [6.45, 7) is 0. The highest BCUT2D eigenvalue weighted by Crippen LogP contribution is 2.29. The Labute approximate surface area is 125 Å². The zero-order valence-electron chi connectivity index (χ0n) is 10.1. The monoisotopic (exact) mass is 335 g/mol. The highest BCUT2D eigenvalue weighted by molar-refractivity contribution is 7.90. The van der Waals surface area contributed by atoms with Crippen LogP contribution in [0, 0.1) is 5.82 Å². The molecule has 1 aromatic heterocycles. The number of sulfone groups is 1. The molecule has 8 heteroatoms. The van der Waals surface area contributed by atoms with Crippen LogP contribution in [0.3, 0.4) is 0 Å². The van der Waals surface area contributed by atoms with E-state index in [2.05, 4.69) is 4.98 Å². The summed E-state index contributed by atoms with van der Waals surface area (Å²) in [5.41, 5.74) is 0. The highest BCUT2D eigenvalue weighted by atomic mass is 35.5. The zero-order valence-corrected chi connectivity index (χ0v) is 12.4. The van der Waals surface area contributed by atoms with Crippen LogP contribution in [0.4, 0.5) is 4.39 Å². The van der Waals surface area contributed by atoms with Crippen molar-refractivity contribution in [3.05, 3.63) is 46.5 Å². The molecule has 0 fully saturated rings. The van der Waals surface area contributed by atoms with E-state index < -0.39 is 15.7 Å². The summed E-state index contributed by atoms with van der Waals surface area (Å²) in [4.78, 5) is 3.59. The minimum absolute atomic E-state index is 0.0978. The molecular weight excluding hydrogens is 328 g/mol. The maximum absolute atomic E-state index is 13.8. The number of ether oxygens (including phenoxy) is 1. The van der Waals surface area contributed by atoms with Crippen molar-refractivity contribution >= 4 is 33.0 Å². The molecule has 1 heterocycles. The van der Waals surface area contributed by atoms with E-state index in [4.69, 9.17) is 27.9 Å². The fourth-order valence-electron chi connectivity index (χ4n) is 1.42. The van der Waals surface area contributed by atoms with Gasteiger partial charge in [0.15, 0.2) is 21.4 Å². The maximum Gasteiger partial charge on any atom is 0.175 e. The van der Waals surface area contributed by atoms with Gasteiger partial charge in [0.1, 0.15) is 16.1 Å². The molecule has 0 bridgehead atoms. The quantitative estimate of drug-likeness (QED) is 0.802. The van der Waals surface area contributed by atoms with Gasteiger partial charge in [0, 0.05) is 18.4 Å². The van der Waals surface area contributed by atoms with Gasteiger partial charge in [0.25, 0.3) is 0 Å². The van der Waals surface area contributed by atoms with Crippen LogP contribution in [0.1, 0.15) is 0 Å². The summed E-state index contributed by atoms with van der Waals surface area (Å²) in [5, 5.41) is 0.196. The molecule has 0 unspecified atom stereocenters. The van der Waals surface area contributed by atoms with Crippen LogP contribution in [0.5, 0.6) is 11.5 Å². The molecule has 0 N–H and O–H groups in total. The summed E-state index contributed by atoms with van der Waals surface area (Å²) >= 11 is 11.4. The topological polar surface area (TPSA) is 56.3 Å². The predicted molar refractivity (Wildman–Crippen MR) is 73.8 cm³/mol. The number of rotatable bonds is 3. The summed E-state index contributed by atoms with van der Waals surface area (Å²) in [6.07, 6.45) is 0.991. The molecule has 106 valence electrons. The number of halogens is 3. The molecule has 1 aromatic carbocycles. The van der Waals surface area contributed by atoms with E-state index in [9.17, 15) is 12.8 Å². The smallest absolute Gasteiger partial charge is 0.175 e. The lowest BCUT2D eigenvalue weighted by Gasteiger charge is -2.08. The van der Waals surface area contributed by atoms with Gasteiger partial charge in [-0.3, -0.25) is 0 Å². The first-order valence-electron chi connectivity index (χ1n) is 5.26. The fraction of sp³-hybridized carbons (Fsp3) is 0.0833. The van der Waals surface area contributed by atoms with Gasteiger partial charge in [-0.2, -0.15) is 0 Å². The van der Waals surface area contributed by atoms with Crippen LogP contribution in [-0.2, 0) is 9.84 Å². The molecule has 0 spiro atoms. The lowest BCUT2D eigenvalue weighted by atomic mass is 10.3. The molecule has 20 heavy (non-hydrogen) atoms. The van der Waals surface area contributed by atoms with Crippen molar-refractivity contribution in [1.82, 2.24) is 4.98 Å². The number of benzene rings is 1. The van der Waals surface area contributed by atoms with Crippen molar-refractivity contribution in [3.8, 4) is 11.5 Å². The van der Waals surface area contributed by atoms with Crippen LogP contribution < -0.4 is 4.74 Å². The summed E-state index contributed by atoms with van der Waals surface area (Å²) in [6, 6.07) is 6.07. The van der Waals surface area contributed by atoms with E-state index in [1.54, 1.807) is 0 Å². The molecule has 4 nitrogen and oxygen atoms in total. The summed E-state index contributed by atoms with van der Waals surface area (Å²) < 4.78 is 41.6. The van der Waals surface area contributed by atoms with E-state index >= 15 is 0 Å². The van der Waals surface area contributed by atoms with E-state index in [1.807, 2.05) is 0 Å². The Morgan fingerprint density at radius 2 is 1.75 bits per heavy atom. The van der Waals surface area contributed by atoms with E-state index in [0.717, 1.165) is 12.3 Å².